The van der Waals surface area contributed by atoms with Crippen LogP contribution in [0.5, 0.6) is 0 Å². The van der Waals surface area contributed by atoms with Crippen molar-refractivity contribution < 1.29 is 13.2 Å². The molecule has 2 heterocycles. The molecule has 4 aromatic rings. The van der Waals surface area contributed by atoms with E-state index in [0.29, 0.717) is 42.3 Å². The third-order valence-electron chi connectivity index (χ3n) is 5.15. The highest BCUT2D eigenvalue weighted by Gasteiger charge is 2.32. The molecule has 158 valence electrons. The molecule has 0 fully saturated rings. The van der Waals surface area contributed by atoms with E-state index in [1.807, 2.05) is 53.1 Å². The van der Waals surface area contributed by atoms with E-state index in [1.54, 1.807) is 12.3 Å². The third-order valence-corrected chi connectivity index (χ3v) is 5.15. The van der Waals surface area contributed by atoms with Gasteiger partial charge in [0.1, 0.15) is 11.5 Å². The minimum absolute atomic E-state index is 0.223. The number of hydrogen-bond donors (Lipinski definition) is 0. The van der Waals surface area contributed by atoms with Crippen molar-refractivity contribution in [2.24, 2.45) is 0 Å². The second-order valence-electron chi connectivity index (χ2n) is 7.37. The lowest BCUT2D eigenvalue weighted by Crippen LogP contribution is -2.10. The molecule has 0 aliphatic rings. The Bertz CT molecular complexity index is 1150. The van der Waals surface area contributed by atoms with Gasteiger partial charge in [-0.1, -0.05) is 48.5 Å². The Morgan fingerprint density at radius 3 is 2.32 bits per heavy atom. The summed E-state index contributed by atoms with van der Waals surface area (Å²) >= 11 is 0. The first-order valence-corrected chi connectivity index (χ1v) is 9.96. The van der Waals surface area contributed by atoms with Crippen molar-refractivity contribution in [1.29, 1.82) is 0 Å². The Kier molecular flexibility index (Phi) is 5.84. The van der Waals surface area contributed by atoms with Crippen LogP contribution in [-0.4, -0.2) is 19.7 Å². The molecule has 0 aliphatic heterocycles. The average molecular weight is 422 g/mol. The fourth-order valence-corrected chi connectivity index (χ4v) is 3.52. The van der Waals surface area contributed by atoms with Crippen LogP contribution in [0, 0.1) is 6.92 Å². The third kappa shape index (κ3) is 4.82. The Morgan fingerprint density at radius 2 is 1.61 bits per heavy atom. The minimum atomic E-state index is -4.36. The van der Waals surface area contributed by atoms with Crippen molar-refractivity contribution in [1.82, 2.24) is 19.7 Å². The summed E-state index contributed by atoms with van der Waals surface area (Å²) in [6.07, 6.45) is -1.77. The molecule has 0 radical (unpaired) electrons. The van der Waals surface area contributed by atoms with Crippen LogP contribution < -0.4 is 0 Å². The van der Waals surface area contributed by atoms with Gasteiger partial charge in [-0.15, -0.1) is 10.2 Å². The molecule has 4 rings (SSSR count). The van der Waals surface area contributed by atoms with Gasteiger partial charge in [0.25, 0.3) is 0 Å². The molecule has 0 aliphatic carbocycles. The van der Waals surface area contributed by atoms with Gasteiger partial charge in [0.2, 0.25) is 0 Å². The first-order chi connectivity index (χ1) is 14.9. The van der Waals surface area contributed by atoms with Crippen LogP contribution in [0.4, 0.5) is 13.2 Å². The van der Waals surface area contributed by atoms with Crippen LogP contribution in [0.1, 0.15) is 28.1 Å². The minimum Gasteiger partial charge on any atom is -0.305 e. The van der Waals surface area contributed by atoms with Crippen molar-refractivity contribution >= 4 is 0 Å². The van der Waals surface area contributed by atoms with Crippen LogP contribution in [0.2, 0.25) is 0 Å². The fourth-order valence-electron chi connectivity index (χ4n) is 3.52. The van der Waals surface area contributed by atoms with E-state index in [1.165, 1.54) is 19.1 Å². The van der Waals surface area contributed by atoms with Crippen molar-refractivity contribution in [3.8, 4) is 11.5 Å². The molecule has 4 nitrogen and oxygen atoms in total. The molecule has 2 aromatic heterocycles. The van der Waals surface area contributed by atoms with Gasteiger partial charge in [-0.25, -0.2) is 0 Å². The summed E-state index contributed by atoms with van der Waals surface area (Å²) in [7, 11) is 0. The number of benzene rings is 2. The number of pyridine rings is 1. The van der Waals surface area contributed by atoms with E-state index >= 15 is 0 Å². The van der Waals surface area contributed by atoms with E-state index in [4.69, 9.17) is 0 Å². The molecule has 7 heteroatoms. The number of hydrogen-bond acceptors (Lipinski definition) is 3. The van der Waals surface area contributed by atoms with Gasteiger partial charge in [0.05, 0.1) is 12.1 Å². The van der Waals surface area contributed by atoms with Crippen LogP contribution in [-0.2, 0) is 25.6 Å². The van der Waals surface area contributed by atoms with Gasteiger partial charge in [-0.2, -0.15) is 13.2 Å². The monoisotopic (exact) mass is 422 g/mol. The summed E-state index contributed by atoms with van der Waals surface area (Å²) in [6, 6.07) is 20.0. The van der Waals surface area contributed by atoms with Crippen molar-refractivity contribution in [3.05, 3.63) is 101 Å². The maximum atomic E-state index is 13.3. The lowest BCUT2D eigenvalue weighted by molar-refractivity contribution is -0.138. The predicted octanol–water partition coefficient (Wildman–Crippen LogP) is 5.50. The molecular weight excluding hydrogens is 401 g/mol. The highest BCUT2D eigenvalue weighted by atomic mass is 19.4. The van der Waals surface area contributed by atoms with Crippen molar-refractivity contribution in [2.75, 3.05) is 0 Å². The van der Waals surface area contributed by atoms with E-state index in [9.17, 15) is 13.2 Å². The molecule has 0 saturated carbocycles. The summed E-state index contributed by atoms with van der Waals surface area (Å²) in [5.41, 5.74) is 2.03. The summed E-state index contributed by atoms with van der Waals surface area (Å²) in [4.78, 5) is 4.38. The molecule has 0 N–H and O–H groups in total. The standard InChI is InChI=1S/C24H21F3N4/c1-17-10-11-18(15-20(17)24(25,26)27)12-13-22-29-30-23(21-9-5-6-14-28-21)31(22)16-19-7-3-2-4-8-19/h2-11,14-15H,12-13,16H2,1H3. The number of rotatable bonds is 6. The Morgan fingerprint density at radius 1 is 0.839 bits per heavy atom. The molecule has 0 amide bonds. The smallest absolute Gasteiger partial charge is 0.305 e. The maximum absolute atomic E-state index is 13.3. The summed E-state index contributed by atoms with van der Waals surface area (Å²) in [6.45, 7) is 2.03. The van der Waals surface area contributed by atoms with Gasteiger partial charge >= 0.3 is 6.18 Å². The number of halogens is 3. The first-order valence-electron chi connectivity index (χ1n) is 9.96. The second-order valence-corrected chi connectivity index (χ2v) is 7.37. The SMILES string of the molecule is Cc1ccc(CCc2nnc(-c3ccccn3)n2Cc2ccccc2)cc1C(F)(F)F. The van der Waals surface area contributed by atoms with Crippen LogP contribution in [0.25, 0.3) is 11.5 Å². The number of nitrogens with zero attached hydrogens (tertiary/aromatic N) is 4. The predicted molar refractivity (Wildman–Crippen MR) is 112 cm³/mol. The van der Waals surface area contributed by atoms with Crippen LogP contribution in [0.3, 0.4) is 0 Å². The first kappa shape index (κ1) is 20.8. The molecular formula is C24H21F3N4. The molecule has 2 aromatic carbocycles. The molecule has 0 unspecified atom stereocenters. The van der Waals surface area contributed by atoms with Gasteiger partial charge < -0.3 is 4.57 Å². The lowest BCUT2D eigenvalue weighted by atomic mass is 10.0. The van der Waals surface area contributed by atoms with Crippen molar-refractivity contribution in [3.63, 3.8) is 0 Å². The van der Waals surface area contributed by atoms with Gasteiger partial charge in [-0.3, -0.25) is 4.98 Å². The number of aromatic nitrogens is 4. The quantitative estimate of drug-likeness (QED) is 0.412. The van der Waals surface area contributed by atoms with Crippen LogP contribution >= 0.6 is 0 Å². The molecule has 0 bridgehead atoms. The Balaban J connectivity index is 1.63. The highest BCUT2D eigenvalue weighted by molar-refractivity contribution is 5.49. The second kappa shape index (κ2) is 8.71. The van der Waals surface area contributed by atoms with E-state index in [2.05, 4.69) is 15.2 Å². The summed E-state index contributed by atoms with van der Waals surface area (Å²) in [5, 5.41) is 8.68. The topological polar surface area (TPSA) is 43.6 Å². The zero-order valence-corrected chi connectivity index (χ0v) is 17.0. The van der Waals surface area contributed by atoms with E-state index in [0.717, 1.165) is 5.56 Å². The van der Waals surface area contributed by atoms with Gasteiger partial charge in [0.15, 0.2) is 5.82 Å². The maximum Gasteiger partial charge on any atom is 0.416 e. The zero-order chi connectivity index (χ0) is 21.8. The Labute approximate surface area is 178 Å². The summed E-state index contributed by atoms with van der Waals surface area (Å²) in [5.74, 6) is 1.35. The Hall–Kier alpha value is -3.48. The van der Waals surface area contributed by atoms with Crippen molar-refractivity contribution in [2.45, 2.75) is 32.5 Å². The lowest BCUT2D eigenvalue weighted by Gasteiger charge is -2.13. The molecule has 31 heavy (non-hydrogen) atoms. The van der Waals surface area contributed by atoms with E-state index < -0.39 is 11.7 Å². The molecule has 0 spiro atoms. The fraction of sp³-hybridized carbons (Fsp3) is 0.208. The number of aryl methyl sites for hydroxylation is 3. The number of alkyl halides is 3. The molecule has 0 atom stereocenters. The van der Waals surface area contributed by atoms with Gasteiger partial charge in [0, 0.05) is 12.6 Å². The highest BCUT2D eigenvalue weighted by Crippen LogP contribution is 2.32. The average Bonchev–Trinajstić information content (AvgIpc) is 3.16. The van der Waals surface area contributed by atoms with Gasteiger partial charge in [-0.05, 0) is 48.2 Å². The van der Waals surface area contributed by atoms with E-state index in [-0.39, 0.29) is 5.56 Å². The zero-order valence-electron chi connectivity index (χ0n) is 17.0. The molecule has 0 saturated heterocycles. The van der Waals surface area contributed by atoms with Crippen LogP contribution in [0.15, 0.2) is 72.9 Å². The normalized spacial score (nSPS) is 11.6. The summed E-state index contributed by atoms with van der Waals surface area (Å²) < 4.78 is 41.8. The largest absolute Gasteiger partial charge is 0.416 e.